The monoisotopic (exact) mass is 435 g/mol. The molecule has 7 heteroatoms. The lowest BCUT2D eigenvalue weighted by Gasteiger charge is -2.17. The first-order valence-electron chi connectivity index (χ1n) is 10.0. The topological polar surface area (TPSA) is 73.2 Å². The van der Waals surface area contributed by atoms with Crippen LogP contribution < -0.4 is 4.72 Å². The summed E-state index contributed by atoms with van der Waals surface area (Å²) in [7, 11) is -3.82. The van der Waals surface area contributed by atoms with Gasteiger partial charge >= 0.3 is 0 Å². The molecule has 1 aliphatic heterocycles. The third-order valence-electron chi connectivity index (χ3n) is 5.43. The molecule has 1 N–H and O–H groups in total. The Bertz CT molecular complexity index is 1210. The summed E-state index contributed by atoms with van der Waals surface area (Å²) in [6, 6.07) is 23.3. The fourth-order valence-electron chi connectivity index (χ4n) is 3.81. The minimum Gasteiger partial charge on any atom is -0.297 e. The molecule has 1 atom stereocenters. The van der Waals surface area contributed by atoms with Gasteiger partial charge in [-0.15, -0.1) is 0 Å². The summed E-state index contributed by atoms with van der Waals surface area (Å²) in [6.07, 6.45) is 0.688. The zero-order valence-electron chi connectivity index (χ0n) is 16.8. The van der Waals surface area contributed by atoms with Crippen LogP contribution in [0.3, 0.4) is 0 Å². The number of sulfonamides is 1. The van der Waals surface area contributed by atoms with Crippen molar-refractivity contribution in [2.24, 2.45) is 0 Å². The molecule has 0 saturated carbocycles. The van der Waals surface area contributed by atoms with Gasteiger partial charge < -0.3 is 0 Å². The molecule has 0 aliphatic carbocycles. The number of halogens is 1. The molecule has 5 nitrogen and oxygen atoms in total. The summed E-state index contributed by atoms with van der Waals surface area (Å²) in [5, 5.41) is 8.94. The van der Waals surface area contributed by atoms with E-state index < -0.39 is 15.8 Å². The van der Waals surface area contributed by atoms with E-state index in [0.717, 1.165) is 30.8 Å². The van der Waals surface area contributed by atoms with Crippen LogP contribution in [0.5, 0.6) is 0 Å². The van der Waals surface area contributed by atoms with Crippen LogP contribution in [-0.4, -0.2) is 32.4 Å². The second-order valence-corrected chi connectivity index (χ2v) is 9.37. The maximum absolute atomic E-state index is 13.5. The first-order chi connectivity index (χ1) is 14.9. The molecule has 0 amide bonds. The summed E-state index contributed by atoms with van der Waals surface area (Å²) in [5.41, 5.74) is 3.22. The van der Waals surface area contributed by atoms with Gasteiger partial charge in [-0.2, -0.15) is 5.26 Å². The van der Waals surface area contributed by atoms with Crippen molar-refractivity contribution in [3.8, 4) is 17.2 Å². The van der Waals surface area contributed by atoms with E-state index in [9.17, 15) is 12.8 Å². The molecule has 31 heavy (non-hydrogen) atoms. The largest absolute Gasteiger partial charge is 0.297 e. The average molecular weight is 436 g/mol. The van der Waals surface area contributed by atoms with Crippen LogP contribution >= 0.6 is 0 Å². The van der Waals surface area contributed by atoms with E-state index >= 15 is 0 Å². The van der Waals surface area contributed by atoms with Crippen LogP contribution in [0.25, 0.3) is 11.1 Å². The fraction of sp³-hybridized carbons (Fsp3) is 0.208. The third kappa shape index (κ3) is 5.00. The predicted molar refractivity (Wildman–Crippen MR) is 117 cm³/mol. The van der Waals surface area contributed by atoms with Crippen LogP contribution in [0.15, 0.2) is 77.7 Å². The number of rotatable bonds is 6. The number of nitrogens with zero attached hydrogens (tertiary/aromatic N) is 2. The Morgan fingerprint density at radius 1 is 1.03 bits per heavy atom. The Morgan fingerprint density at radius 2 is 1.74 bits per heavy atom. The highest BCUT2D eigenvalue weighted by atomic mass is 32.2. The van der Waals surface area contributed by atoms with Crippen molar-refractivity contribution in [3.63, 3.8) is 0 Å². The van der Waals surface area contributed by atoms with Crippen molar-refractivity contribution in [1.82, 2.24) is 9.62 Å². The summed E-state index contributed by atoms with van der Waals surface area (Å²) in [5.74, 6) is -0.730. The Balaban J connectivity index is 1.37. The molecule has 0 radical (unpaired) electrons. The summed E-state index contributed by atoms with van der Waals surface area (Å²) in [6.45, 7) is 2.11. The van der Waals surface area contributed by atoms with E-state index in [1.54, 1.807) is 6.07 Å². The van der Waals surface area contributed by atoms with Crippen molar-refractivity contribution in [3.05, 3.63) is 89.7 Å². The van der Waals surface area contributed by atoms with Crippen molar-refractivity contribution in [2.75, 3.05) is 13.1 Å². The van der Waals surface area contributed by atoms with Crippen LogP contribution in [-0.2, 0) is 16.6 Å². The van der Waals surface area contributed by atoms with Gasteiger partial charge in [0, 0.05) is 25.7 Å². The highest BCUT2D eigenvalue weighted by Gasteiger charge is 2.27. The summed E-state index contributed by atoms with van der Waals surface area (Å²) in [4.78, 5) is 2.11. The minimum atomic E-state index is -3.82. The van der Waals surface area contributed by atoms with Gasteiger partial charge in [0.15, 0.2) is 0 Å². The van der Waals surface area contributed by atoms with E-state index in [0.29, 0.717) is 13.0 Å². The van der Waals surface area contributed by atoms with Gasteiger partial charge in [0.25, 0.3) is 0 Å². The molecule has 3 aromatic rings. The third-order valence-corrected chi connectivity index (χ3v) is 6.95. The average Bonchev–Trinajstić information content (AvgIpc) is 3.21. The van der Waals surface area contributed by atoms with E-state index in [4.69, 9.17) is 5.26 Å². The quantitative estimate of drug-likeness (QED) is 0.637. The van der Waals surface area contributed by atoms with Crippen LogP contribution in [0.4, 0.5) is 4.39 Å². The molecule has 0 aromatic heterocycles. The van der Waals surface area contributed by atoms with Gasteiger partial charge in [0.05, 0.1) is 10.5 Å². The molecule has 4 rings (SSSR count). The van der Waals surface area contributed by atoms with Gasteiger partial charge in [-0.3, -0.25) is 4.90 Å². The van der Waals surface area contributed by atoms with Crippen LogP contribution in [0.1, 0.15) is 17.5 Å². The van der Waals surface area contributed by atoms with Crippen molar-refractivity contribution < 1.29 is 12.8 Å². The number of benzene rings is 3. The van der Waals surface area contributed by atoms with Gasteiger partial charge in [0.2, 0.25) is 10.0 Å². The highest BCUT2D eigenvalue weighted by molar-refractivity contribution is 7.89. The van der Waals surface area contributed by atoms with Crippen LogP contribution in [0.2, 0.25) is 0 Å². The zero-order valence-corrected chi connectivity index (χ0v) is 17.6. The zero-order chi connectivity index (χ0) is 21.8. The first-order valence-corrected chi connectivity index (χ1v) is 11.5. The molecular weight excluding hydrogens is 413 g/mol. The first kappa shape index (κ1) is 21.2. The summed E-state index contributed by atoms with van der Waals surface area (Å²) < 4.78 is 41.5. The molecule has 0 unspecified atom stereocenters. The van der Waals surface area contributed by atoms with Crippen molar-refractivity contribution in [2.45, 2.75) is 23.9 Å². The molecule has 1 fully saturated rings. The second kappa shape index (κ2) is 8.98. The van der Waals surface area contributed by atoms with Crippen molar-refractivity contribution in [1.29, 1.82) is 5.26 Å². The second-order valence-electron chi connectivity index (χ2n) is 7.66. The maximum Gasteiger partial charge on any atom is 0.240 e. The number of nitriles is 1. The highest BCUT2D eigenvalue weighted by Crippen LogP contribution is 2.22. The number of likely N-dealkylation sites (tertiary alicyclic amines) is 1. The smallest absolute Gasteiger partial charge is 0.240 e. The number of hydrogen-bond acceptors (Lipinski definition) is 4. The van der Waals surface area contributed by atoms with Crippen LogP contribution in [0, 0.1) is 17.1 Å². The van der Waals surface area contributed by atoms with E-state index in [1.165, 1.54) is 17.2 Å². The summed E-state index contributed by atoms with van der Waals surface area (Å²) >= 11 is 0. The van der Waals surface area contributed by atoms with Gasteiger partial charge in [0.1, 0.15) is 11.9 Å². The Labute approximate surface area is 181 Å². The molecule has 1 aliphatic rings. The Kier molecular flexibility index (Phi) is 6.14. The van der Waals surface area contributed by atoms with Crippen molar-refractivity contribution >= 4 is 10.0 Å². The molecule has 1 heterocycles. The molecule has 0 spiro atoms. The van der Waals surface area contributed by atoms with E-state index in [1.807, 2.05) is 18.2 Å². The molecular formula is C24H22FN3O2S. The minimum absolute atomic E-state index is 0.0969. The van der Waals surface area contributed by atoms with Gasteiger partial charge in [-0.25, -0.2) is 17.5 Å². The fourth-order valence-corrected chi connectivity index (χ4v) is 5.10. The van der Waals surface area contributed by atoms with Gasteiger partial charge in [-0.1, -0.05) is 54.6 Å². The molecule has 3 aromatic carbocycles. The Morgan fingerprint density at radius 3 is 2.45 bits per heavy atom. The van der Waals surface area contributed by atoms with Gasteiger partial charge in [-0.05, 0) is 41.3 Å². The number of nitrogens with one attached hydrogen (secondary N) is 1. The van der Waals surface area contributed by atoms with E-state index in [-0.39, 0.29) is 16.5 Å². The Hall–Kier alpha value is -3.05. The predicted octanol–water partition coefficient (Wildman–Crippen LogP) is 3.92. The standard InChI is InChI=1S/C24H22FN3O2S/c25-24-11-10-23(14-21(24)15-26)31(29,30)27-22-12-13-28(17-22)16-18-6-8-20(9-7-18)19-4-2-1-3-5-19/h1-11,14,22,27H,12-13,16-17H2/t22-/m1/s1. The molecule has 158 valence electrons. The number of hydrogen-bond donors (Lipinski definition) is 1. The van der Waals surface area contributed by atoms with E-state index in [2.05, 4.69) is 46.0 Å². The normalized spacial score (nSPS) is 16.8. The lowest BCUT2D eigenvalue weighted by Crippen LogP contribution is -2.37. The lowest BCUT2D eigenvalue weighted by molar-refractivity contribution is 0.324. The molecule has 0 bridgehead atoms. The SMILES string of the molecule is N#Cc1cc(S(=O)(=O)N[C@@H]2CCN(Cc3ccc(-c4ccccc4)cc3)C2)ccc1F. The molecule has 1 saturated heterocycles. The lowest BCUT2D eigenvalue weighted by atomic mass is 10.0. The maximum atomic E-state index is 13.5.